The number of halogens is 3. The summed E-state index contributed by atoms with van der Waals surface area (Å²) in [5.41, 5.74) is 0.370. The molecule has 0 atom stereocenters. The highest BCUT2D eigenvalue weighted by atomic mass is 19.4. The maximum absolute atomic E-state index is 13.6. The number of aryl methyl sites for hydroxylation is 1. The average Bonchev–Trinajstić information content (AvgIpc) is 3.22. The van der Waals surface area contributed by atoms with Gasteiger partial charge < -0.3 is 4.98 Å². The van der Waals surface area contributed by atoms with E-state index in [4.69, 9.17) is 0 Å². The molecular weight excluding hydrogens is 343 g/mol. The van der Waals surface area contributed by atoms with Crippen molar-refractivity contribution in [1.82, 2.24) is 14.6 Å². The first-order chi connectivity index (χ1) is 12.4. The molecule has 0 amide bonds. The van der Waals surface area contributed by atoms with Gasteiger partial charge in [-0.05, 0) is 31.2 Å². The second-order valence-electron chi connectivity index (χ2n) is 6.80. The molecule has 1 aliphatic rings. The van der Waals surface area contributed by atoms with Crippen molar-refractivity contribution in [3.05, 3.63) is 57.6 Å². The van der Waals surface area contributed by atoms with Gasteiger partial charge in [-0.2, -0.15) is 22.8 Å². The molecule has 26 heavy (non-hydrogen) atoms. The molecular formula is C19H18F3N3O. The van der Waals surface area contributed by atoms with Crippen LogP contribution in [-0.2, 0) is 6.18 Å². The van der Waals surface area contributed by atoms with Crippen molar-refractivity contribution >= 4 is 5.65 Å². The van der Waals surface area contributed by atoms with E-state index in [9.17, 15) is 18.0 Å². The van der Waals surface area contributed by atoms with Crippen LogP contribution in [0.4, 0.5) is 13.2 Å². The number of nitrogens with one attached hydrogen (secondary N) is 1. The Bertz CT molecular complexity index is 1010. The number of H-pyrrole nitrogens is 1. The van der Waals surface area contributed by atoms with Gasteiger partial charge in [0.25, 0.3) is 5.56 Å². The lowest BCUT2D eigenvalue weighted by Crippen LogP contribution is -2.19. The molecule has 7 heteroatoms. The molecule has 0 unspecified atom stereocenters. The van der Waals surface area contributed by atoms with Crippen LogP contribution >= 0.6 is 0 Å². The highest BCUT2D eigenvalue weighted by Crippen LogP contribution is 2.42. The van der Waals surface area contributed by atoms with Crippen molar-refractivity contribution in [2.24, 2.45) is 0 Å². The summed E-state index contributed by atoms with van der Waals surface area (Å²) in [6, 6.07) is 8.91. The number of aromatic nitrogens is 3. The number of aromatic amines is 1. The minimum atomic E-state index is -4.59. The molecule has 1 N–H and O–H groups in total. The van der Waals surface area contributed by atoms with Gasteiger partial charge in [-0.1, -0.05) is 43.2 Å². The normalized spacial score (nSPS) is 15.8. The van der Waals surface area contributed by atoms with E-state index in [0.717, 1.165) is 17.4 Å². The fraction of sp³-hybridized carbons (Fsp3) is 0.368. The second kappa shape index (κ2) is 6.00. The number of fused-ring (bicyclic) bond motifs is 1. The zero-order valence-electron chi connectivity index (χ0n) is 14.2. The summed E-state index contributed by atoms with van der Waals surface area (Å²) in [7, 11) is 0. The van der Waals surface area contributed by atoms with Crippen molar-refractivity contribution < 1.29 is 13.2 Å². The van der Waals surface area contributed by atoms with Crippen molar-refractivity contribution in [2.45, 2.75) is 44.7 Å². The number of benzene rings is 1. The van der Waals surface area contributed by atoms with Crippen LogP contribution in [0.5, 0.6) is 0 Å². The summed E-state index contributed by atoms with van der Waals surface area (Å²) in [5, 5.41) is 3.70. The van der Waals surface area contributed by atoms with E-state index in [1.54, 1.807) is 31.2 Å². The molecule has 136 valence electrons. The third-order valence-electron chi connectivity index (χ3n) is 5.10. The minimum Gasteiger partial charge on any atom is -0.343 e. The highest BCUT2D eigenvalue weighted by molar-refractivity contribution is 5.67. The van der Waals surface area contributed by atoms with Gasteiger partial charge >= 0.3 is 6.18 Å². The van der Waals surface area contributed by atoms with E-state index in [1.807, 2.05) is 6.07 Å². The standard InChI is InChI=1S/C19H18F3N3O/c1-11-14(12-7-3-2-4-8-12)18(26)25-17(23-11)15(13-9-5-6-10-13)16(24-25)19(20,21)22/h2-4,7-8,13,23H,5-6,9-10H2,1H3. The van der Waals surface area contributed by atoms with E-state index in [-0.39, 0.29) is 17.1 Å². The van der Waals surface area contributed by atoms with Gasteiger partial charge in [0.1, 0.15) is 5.65 Å². The van der Waals surface area contributed by atoms with E-state index in [2.05, 4.69) is 10.1 Å². The van der Waals surface area contributed by atoms with Crippen LogP contribution in [-0.4, -0.2) is 14.6 Å². The van der Waals surface area contributed by atoms with Crippen molar-refractivity contribution in [3.8, 4) is 11.1 Å². The molecule has 0 saturated heterocycles. The predicted molar refractivity (Wildman–Crippen MR) is 92.2 cm³/mol. The summed E-state index contributed by atoms with van der Waals surface area (Å²) in [6.07, 6.45) is -1.43. The average molecular weight is 361 g/mol. The van der Waals surface area contributed by atoms with Crippen LogP contribution in [0.2, 0.25) is 0 Å². The molecule has 1 saturated carbocycles. The summed E-state index contributed by atoms with van der Waals surface area (Å²) in [5.74, 6) is -0.221. The lowest BCUT2D eigenvalue weighted by molar-refractivity contribution is -0.142. The van der Waals surface area contributed by atoms with E-state index in [0.29, 0.717) is 29.7 Å². The second-order valence-corrected chi connectivity index (χ2v) is 6.80. The van der Waals surface area contributed by atoms with Crippen molar-refractivity contribution in [3.63, 3.8) is 0 Å². The first-order valence-corrected chi connectivity index (χ1v) is 8.66. The largest absolute Gasteiger partial charge is 0.435 e. The molecule has 4 rings (SSSR count). The fourth-order valence-corrected chi connectivity index (χ4v) is 3.96. The summed E-state index contributed by atoms with van der Waals surface area (Å²) in [4.78, 5) is 16.0. The van der Waals surface area contributed by atoms with Crippen LogP contribution in [0.15, 0.2) is 35.1 Å². The maximum atomic E-state index is 13.6. The van der Waals surface area contributed by atoms with Crippen LogP contribution in [0.25, 0.3) is 16.8 Å². The molecule has 0 radical (unpaired) electrons. The molecule has 1 aliphatic carbocycles. The Morgan fingerprint density at radius 2 is 1.81 bits per heavy atom. The molecule has 0 bridgehead atoms. The molecule has 4 nitrogen and oxygen atoms in total. The zero-order valence-corrected chi connectivity index (χ0v) is 14.2. The summed E-state index contributed by atoms with van der Waals surface area (Å²) < 4.78 is 41.7. The number of hydrogen-bond donors (Lipinski definition) is 1. The van der Waals surface area contributed by atoms with E-state index >= 15 is 0 Å². The Hall–Kier alpha value is -2.57. The monoisotopic (exact) mass is 361 g/mol. The first kappa shape index (κ1) is 16.9. The van der Waals surface area contributed by atoms with Gasteiger partial charge in [0.15, 0.2) is 5.69 Å². The topological polar surface area (TPSA) is 50.2 Å². The Labute approximate surface area is 147 Å². The highest BCUT2D eigenvalue weighted by Gasteiger charge is 2.41. The third kappa shape index (κ3) is 2.62. The number of nitrogens with zero attached hydrogens (tertiary/aromatic N) is 2. The zero-order chi connectivity index (χ0) is 18.5. The molecule has 2 heterocycles. The Morgan fingerprint density at radius 3 is 2.42 bits per heavy atom. The van der Waals surface area contributed by atoms with Crippen LogP contribution in [0, 0.1) is 6.92 Å². The van der Waals surface area contributed by atoms with Gasteiger partial charge in [0.2, 0.25) is 0 Å². The SMILES string of the molecule is Cc1[nH]c2c(C3CCCC3)c(C(F)(F)F)nn2c(=O)c1-c1ccccc1. The third-order valence-corrected chi connectivity index (χ3v) is 5.10. The van der Waals surface area contributed by atoms with E-state index in [1.165, 1.54) is 0 Å². The quantitative estimate of drug-likeness (QED) is 0.721. The number of rotatable bonds is 2. The van der Waals surface area contributed by atoms with Crippen molar-refractivity contribution in [1.29, 1.82) is 0 Å². The molecule has 3 aromatic rings. The number of hydrogen-bond acceptors (Lipinski definition) is 2. The Balaban J connectivity index is 2.04. The van der Waals surface area contributed by atoms with Gasteiger partial charge in [-0.3, -0.25) is 4.79 Å². The lowest BCUT2D eigenvalue weighted by Gasteiger charge is -2.12. The molecule has 1 fully saturated rings. The Kier molecular flexibility index (Phi) is 3.89. The van der Waals surface area contributed by atoms with Gasteiger partial charge in [-0.25, -0.2) is 0 Å². The fourth-order valence-electron chi connectivity index (χ4n) is 3.96. The van der Waals surface area contributed by atoms with Crippen LogP contribution < -0.4 is 5.56 Å². The maximum Gasteiger partial charge on any atom is 0.435 e. The Morgan fingerprint density at radius 1 is 1.15 bits per heavy atom. The van der Waals surface area contributed by atoms with Crippen LogP contribution in [0.3, 0.4) is 0 Å². The molecule has 0 aliphatic heterocycles. The van der Waals surface area contributed by atoms with Crippen molar-refractivity contribution in [2.75, 3.05) is 0 Å². The first-order valence-electron chi connectivity index (χ1n) is 8.66. The minimum absolute atomic E-state index is 0.134. The number of alkyl halides is 3. The van der Waals surface area contributed by atoms with E-state index < -0.39 is 17.4 Å². The van der Waals surface area contributed by atoms with Gasteiger partial charge in [-0.15, -0.1) is 0 Å². The molecule has 1 aromatic carbocycles. The lowest BCUT2D eigenvalue weighted by atomic mass is 9.97. The summed E-state index contributed by atoms with van der Waals surface area (Å²) >= 11 is 0. The smallest absolute Gasteiger partial charge is 0.343 e. The summed E-state index contributed by atoms with van der Waals surface area (Å²) in [6.45, 7) is 1.71. The van der Waals surface area contributed by atoms with Gasteiger partial charge in [0, 0.05) is 11.3 Å². The van der Waals surface area contributed by atoms with Crippen LogP contribution in [0.1, 0.15) is 48.6 Å². The van der Waals surface area contributed by atoms with Gasteiger partial charge in [0.05, 0.1) is 5.56 Å². The molecule has 0 spiro atoms. The molecule has 2 aromatic heterocycles. The predicted octanol–water partition coefficient (Wildman–Crippen LogP) is 4.67.